The summed E-state index contributed by atoms with van der Waals surface area (Å²) in [6, 6.07) is 0. The summed E-state index contributed by atoms with van der Waals surface area (Å²) < 4.78 is 0. The van der Waals surface area contributed by atoms with Crippen LogP contribution >= 0.6 is 11.3 Å². The topological polar surface area (TPSA) is 24.9 Å². The Morgan fingerprint density at radius 2 is 2.10 bits per heavy atom. The molecular weight excluding hydrogens is 276 g/mol. The molecule has 0 aromatic carbocycles. The van der Waals surface area contributed by atoms with Gasteiger partial charge in [0.2, 0.25) is 0 Å². The third-order valence-electron chi connectivity index (χ3n) is 5.44. The normalized spacial score (nSPS) is 29.3. The molecule has 0 spiro atoms. The first-order valence-electron chi connectivity index (χ1n) is 9.02. The molecule has 3 rings (SSSR count). The molecule has 1 N–H and O–H groups in total. The molecular formula is C18H30N2S. The van der Waals surface area contributed by atoms with Crippen LogP contribution in [0.5, 0.6) is 0 Å². The Morgan fingerprint density at radius 3 is 2.90 bits per heavy atom. The minimum absolute atomic E-state index is 0.671. The highest BCUT2D eigenvalue weighted by atomic mass is 32.1. The minimum atomic E-state index is 0.671. The number of nitrogens with one attached hydrogen (secondary N) is 1. The molecule has 1 aromatic rings. The third kappa shape index (κ3) is 3.50. The van der Waals surface area contributed by atoms with E-state index in [-0.39, 0.29) is 0 Å². The van der Waals surface area contributed by atoms with Gasteiger partial charge < -0.3 is 5.32 Å². The van der Waals surface area contributed by atoms with Crippen molar-refractivity contribution >= 4 is 11.3 Å². The van der Waals surface area contributed by atoms with Gasteiger partial charge in [-0.1, -0.05) is 33.1 Å². The Hall–Kier alpha value is -0.410. The van der Waals surface area contributed by atoms with Crippen LogP contribution in [-0.4, -0.2) is 18.1 Å². The van der Waals surface area contributed by atoms with Crippen LogP contribution in [0.4, 0.5) is 0 Å². The Kier molecular flexibility index (Phi) is 5.33. The van der Waals surface area contributed by atoms with E-state index in [4.69, 9.17) is 4.98 Å². The molecule has 1 aromatic heterocycles. The molecule has 0 radical (unpaired) electrons. The van der Waals surface area contributed by atoms with Crippen LogP contribution in [0.25, 0.3) is 0 Å². The lowest BCUT2D eigenvalue weighted by Gasteiger charge is -2.27. The molecule has 0 amide bonds. The van der Waals surface area contributed by atoms with Crippen molar-refractivity contribution in [2.75, 3.05) is 13.1 Å². The van der Waals surface area contributed by atoms with Crippen molar-refractivity contribution in [1.29, 1.82) is 0 Å². The first kappa shape index (κ1) is 15.5. The van der Waals surface area contributed by atoms with Crippen LogP contribution in [0.2, 0.25) is 0 Å². The highest BCUT2D eigenvalue weighted by Gasteiger charge is 2.29. The van der Waals surface area contributed by atoms with Gasteiger partial charge in [-0.2, -0.15) is 0 Å². The van der Waals surface area contributed by atoms with Crippen molar-refractivity contribution in [1.82, 2.24) is 10.3 Å². The Balaban J connectivity index is 1.74. The van der Waals surface area contributed by atoms with Crippen LogP contribution in [0.3, 0.4) is 0 Å². The molecule has 1 saturated carbocycles. The minimum Gasteiger partial charge on any atom is -0.316 e. The van der Waals surface area contributed by atoms with Crippen molar-refractivity contribution in [2.24, 2.45) is 5.92 Å². The standard InChI is InChI=1S/C18H30N2S/c1-3-13-7-5-8-14(11-13)18-20-17-15(12-19-4-2)9-6-10-16(17)21-18/h13-15,19H,3-12H2,1-2H3. The molecule has 0 saturated heterocycles. The number of rotatable bonds is 5. The molecule has 3 unspecified atom stereocenters. The SMILES string of the molecule is CCNCC1CCCc2sc(C3CCCC(CC)C3)nc21. The number of thiazole rings is 1. The predicted octanol–water partition coefficient (Wildman–Crippen LogP) is 4.86. The van der Waals surface area contributed by atoms with Gasteiger partial charge >= 0.3 is 0 Å². The molecule has 2 nitrogen and oxygen atoms in total. The summed E-state index contributed by atoms with van der Waals surface area (Å²) in [5.74, 6) is 2.38. The van der Waals surface area contributed by atoms with E-state index < -0.39 is 0 Å². The smallest absolute Gasteiger partial charge is 0.0962 e. The summed E-state index contributed by atoms with van der Waals surface area (Å²) in [5.41, 5.74) is 1.46. The van der Waals surface area contributed by atoms with Gasteiger partial charge in [0.05, 0.1) is 10.7 Å². The monoisotopic (exact) mass is 306 g/mol. The molecule has 1 heterocycles. The maximum Gasteiger partial charge on any atom is 0.0962 e. The van der Waals surface area contributed by atoms with E-state index in [1.807, 2.05) is 0 Å². The predicted molar refractivity (Wildman–Crippen MR) is 91.3 cm³/mol. The number of hydrogen-bond donors (Lipinski definition) is 1. The zero-order chi connectivity index (χ0) is 14.7. The van der Waals surface area contributed by atoms with E-state index >= 15 is 0 Å². The third-order valence-corrected chi connectivity index (χ3v) is 6.73. The fourth-order valence-electron chi connectivity index (χ4n) is 4.10. The van der Waals surface area contributed by atoms with Crippen molar-refractivity contribution in [3.05, 3.63) is 15.6 Å². The quantitative estimate of drug-likeness (QED) is 0.840. The summed E-state index contributed by atoms with van der Waals surface area (Å²) in [5, 5.41) is 5.00. The molecule has 2 aliphatic rings. The summed E-state index contributed by atoms with van der Waals surface area (Å²) in [6.07, 6.45) is 10.9. The van der Waals surface area contributed by atoms with Gasteiger partial charge in [0, 0.05) is 23.3 Å². The van der Waals surface area contributed by atoms with E-state index in [2.05, 4.69) is 30.5 Å². The molecule has 0 bridgehead atoms. The second-order valence-corrected chi connectivity index (χ2v) is 8.01. The van der Waals surface area contributed by atoms with Gasteiger partial charge in [-0.3, -0.25) is 0 Å². The largest absolute Gasteiger partial charge is 0.316 e. The molecule has 3 heteroatoms. The maximum absolute atomic E-state index is 5.16. The zero-order valence-corrected chi connectivity index (χ0v) is 14.5. The second-order valence-electron chi connectivity index (χ2n) is 6.90. The van der Waals surface area contributed by atoms with Crippen molar-refractivity contribution in [2.45, 2.75) is 77.0 Å². The Morgan fingerprint density at radius 1 is 1.19 bits per heavy atom. The number of aryl methyl sites for hydroxylation is 1. The zero-order valence-electron chi connectivity index (χ0n) is 13.7. The average Bonchev–Trinajstić information content (AvgIpc) is 2.97. The van der Waals surface area contributed by atoms with E-state index in [1.165, 1.54) is 62.1 Å². The van der Waals surface area contributed by atoms with Gasteiger partial charge in [0.15, 0.2) is 0 Å². The molecule has 118 valence electrons. The maximum atomic E-state index is 5.16. The summed E-state index contributed by atoms with van der Waals surface area (Å²) in [6.45, 7) is 6.74. The average molecular weight is 307 g/mol. The number of aromatic nitrogens is 1. The second kappa shape index (κ2) is 7.23. The lowest BCUT2D eigenvalue weighted by molar-refractivity contribution is 0.313. The molecule has 2 aliphatic carbocycles. The van der Waals surface area contributed by atoms with Crippen molar-refractivity contribution in [3.63, 3.8) is 0 Å². The van der Waals surface area contributed by atoms with Crippen LogP contribution in [0.15, 0.2) is 0 Å². The van der Waals surface area contributed by atoms with E-state index in [9.17, 15) is 0 Å². The number of fused-ring (bicyclic) bond motifs is 1. The number of hydrogen-bond acceptors (Lipinski definition) is 3. The first-order valence-corrected chi connectivity index (χ1v) is 9.83. The summed E-state index contributed by atoms with van der Waals surface area (Å²) >= 11 is 2.05. The number of likely N-dealkylation sites (N-methyl/N-ethyl adjacent to an activating group) is 1. The fourth-order valence-corrected chi connectivity index (χ4v) is 5.44. The van der Waals surface area contributed by atoms with Gasteiger partial charge in [-0.15, -0.1) is 11.3 Å². The van der Waals surface area contributed by atoms with Crippen LogP contribution in [0, 0.1) is 5.92 Å². The Bertz CT molecular complexity index is 454. The van der Waals surface area contributed by atoms with Crippen LogP contribution in [-0.2, 0) is 6.42 Å². The van der Waals surface area contributed by atoms with Crippen LogP contribution < -0.4 is 5.32 Å². The number of nitrogens with zero attached hydrogens (tertiary/aromatic N) is 1. The van der Waals surface area contributed by atoms with Gasteiger partial charge in [0.1, 0.15) is 0 Å². The van der Waals surface area contributed by atoms with Gasteiger partial charge in [0.25, 0.3) is 0 Å². The molecule has 0 aliphatic heterocycles. The highest BCUT2D eigenvalue weighted by molar-refractivity contribution is 7.11. The highest BCUT2D eigenvalue weighted by Crippen LogP contribution is 2.42. The fraction of sp³-hybridized carbons (Fsp3) is 0.833. The lowest BCUT2D eigenvalue weighted by Crippen LogP contribution is -2.24. The first-order chi connectivity index (χ1) is 10.3. The van der Waals surface area contributed by atoms with Crippen LogP contribution in [0.1, 0.15) is 86.2 Å². The van der Waals surface area contributed by atoms with Crippen molar-refractivity contribution < 1.29 is 0 Å². The lowest BCUT2D eigenvalue weighted by atomic mass is 9.80. The molecule has 21 heavy (non-hydrogen) atoms. The summed E-state index contributed by atoms with van der Waals surface area (Å²) in [7, 11) is 0. The molecule has 3 atom stereocenters. The Labute approximate surface area is 133 Å². The summed E-state index contributed by atoms with van der Waals surface area (Å²) in [4.78, 5) is 6.77. The van der Waals surface area contributed by atoms with Gasteiger partial charge in [-0.25, -0.2) is 4.98 Å². The molecule has 1 fully saturated rings. The van der Waals surface area contributed by atoms with E-state index in [1.54, 1.807) is 4.88 Å². The van der Waals surface area contributed by atoms with E-state index in [0.29, 0.717) is 5.92 Å². The van der Waals surface area contributed by atoms with Gasteiger partial charge in [-0.05, 0) is 44.6 Å². The van der Waals surface area contributed by atoms with Crippen molar-refractivity contribution in [3.8, 4) is 0 Å². The van der Waals surface area contributed by atoms with E-state index in [0.717, 1.165) is 24.9 Å².